The lowest BCUT2D eigenvalue weighted by Gasteiger charge is -2.47. The van der Waals surface area contributed by atoms with Crippen molar-refractivity contribution in [2.45, 2.75) is 32.1 Å². The predicted octanol–water partition coefficient (Wildman–Crippen LogP) is 4.42. The van der Waals surface area contributed by atoms with Crippen molar-refractivity contribution in [2.24, 2.45) is 11.1 Å². The van der Waals surface area contributed by atoms with Crippen LogP contribution in [0.5, 0.6) is 0 Å². The van der Waals surface area contributed by atoms with Gasteiger partial charge in [-0.15, -0.1) is 0 Å². The summed E-state index contributed by atoms with van der Waals surface area (Å²) in [5.41, 5.74) is 4.74. The van der Waals surface area contributed by atoms with E-state index in [4.69, 9.17) is 10.5 Å². The van der Waals surface area contributed by atoms with Crippen LogP contribution in [0.15, 0.2) is 63.5 Å². The van der Waals surface area contributed by atoms with Crippen LogP contribution in [0.4, 0.5) is 20.2 Å². The lowest BCUT2D eigenvalue weighted by atomic mass is 9.60. The number of esters is 1. The number of nitrogens with zero attached hydrogens (tertiary/aromatic N) is 1. The molecular weight excluding hydrogens is 536 g/mol. The molecule has 0 fully saturated rings. The first-order chi connectivity index (χ1) is 16.9. The first-order valence-corrected chi connectivity index (χ1v) is 11.9. The number of carbonyl (C=O) groups excluding carboxylic acids is 3. The van der Waals surface area contributed by atoms with Gasteiger partial charge in [0.25, 0.3) is 0 Å². The molecule has 36 heavy (non-hydrogen) atoms. The number of amides is 1. The molecular formula is C26H22BrF2N3O4. The number of rotatable bonds is 2. The van der Waals surface area contributed by atoms with Crippen LogP contribution in [-0.4, -0.2) is 24.8 Å². The van der Waals surface area contributed by atoms with E-state index >= 15 is 4.39 Å². The molecule has 0 radical (unpaired) electrons. The molecule has 2 aliphatic heterocycles. The van der Waals surface area contributed by atoms with Gasteiger partial charge in [-0.2, -0.15) is 0 Å². The third kappa shape index (κ3) is 3.16. The molecule has 3 aliphatic rings. The standard InChI is InChI=1S/C26H22BrF2N3O4/c1-25(2)10-17-19(18(33)11-25)26(13-6-4-5-7-16(13)31-24(26)35)20(23(34)36-3)22(30)32(17)21-14(27)8-12(28)9-15(21)29/h4-9H,10-11,30H2,1-3H3,(H,31,35). The zero-order valence-corrected chi connectivity index (χ0v) is 21.3. The van der Waals surface area contributed by atoms with E-state index in [1.54, 1.807) is 24.3 Å². The molecule has 10 heteroatoms. The maximum absolute atomic E-state index is 15.3. The molecule has 5 rings (SSSR count). The van der Waals surface area contributed by atoms with E-state index in [1.165, 1.54) is 4.90 Å². The molecule has 2 aromatic carbocycles. The molecule has 0 aromatic heterocycles. The molecule has 2 heterocycles. The van der Waals surface area contributed by atoms with E-state index in [9.17, 15) is 18.8 Å². The number of methoxy groups -OCH3 is 1. The van der Waals surface area contributed by atoms with Gasteiger partial charge >= 0.3 is 5.97 Å². The number of carbonyl (C=O) groups is 3. The Balaban J connectivity index is 1.96. The summed E-state index contributed by atoms with van der Waals surface area (Å²) >= 11 is 3.21. The Hall–Kier alpha value is -3.53. The second-order valence-corrected chi connectivity index (χ2v) is 10.7. The zero-order chi connectivity index (χ0) is 26.2. The first kappa shape index (κ1) is 24.2. The second-order valence-electron chi connectivity index (χ2n) is 9.82. The van der Waals surface area contributed by atoms with Crippen molar-refractivity contribution >= 4 is 45.0 Å². The van der Waals surface area contributed by atoms with Crippen molar-refractivity contribution in [1.29, 1.82) is 0 Å². The molecule has 0 saturated carbocycles. The van der Waals surface area contributed by atoms with E-state index in [-0.39, 0.29) is 51.4 Å². The Morgan fingerprint density at radius 3 is 2.53 bits per heavy atom. The quantitative estimate of drug-likeness (QED) is 0.530. The number of benzene rings is 2. The SMILES string of the molecule is COC(=O)C1=C(N)N(c2c(F)cc(F)cc2Br)C2=C(C(=O)CC(C)(C)C2)C12C(=O)Nc1ccccc12. The van der Waals surface area contributed by atoms with Gasteiger partial charge in [-0.25, -0.2) is 13.6 Å². The highest BCUT2D eigenvalue weighted by Gasteiger charge is 2.63. The van der Waals surface area contributed by atoms with E-state index < -0.39 is 34.3 Å². The third-order valence-corrected chi connectivity index (χ3v) is 7.49. The number of ether oxygens (including phenoxy) is 1. The van der Waals surface area contributed by atoms with Crippen molar-refractivity contribution in [1.82, 2.24) is 0 Å². The van der Waals surface area contributed by atoms with Gasteiger partial charge in [-0.1, -0.05) is 32.0 Å². The summed E-state index contributed by atoms with van der Waals surface area (Å²) < 4.78 is 34.4. The topological polar surface area (TPSA) is 102 Å². The number of fused-ring (bicyclic) bond motifs is 3. The minimum absolute atomic E-state index is 0.0158. The summed E-state index contributed by atoms with van der Waals surface area (Å²) in [6, 6.07) is 8.44. The van der Waals surface area contributed by atoms with Crippen LogP contribution >= 0.6 is 15.9 Å². The highest BCUT2D eigenvalue weighted by molar-refractivity contribution is 9.10. The summed E-state index contributed by atoms with van der Waals surface area (Å²) in [6.07, 6.45) is 0.308. The molecule has 1 amide bonds. The fourth-order valence-electron chi connectivity index (χ4n) is 5.60. The van der Waals surface area contributed by atoms with Crippen molar-refractivity contribution in [3.8, 4) is 0 Å². The number of nitrogens with two attached hydrogens (primary N) is 1. The summed E-state index contributed by atoms with van der Waals surface area (Å²) in [5, 5.41) is 2.77. The van der Waals surface area contributed by atoms with Gasteiger partial charge in [0, 0.05) is 39.5 Å². The largest absolute Gasteiger partial charge is 0.466 e. The average Bonchev–Trinajstić information content (AvgIpc) is 3.06. The molecule has 1 aliphatic carbocycles. The van der Waals surface area contributed by atoms with Crippen molar-refractivity contribution in [3.05, 3.63) is 80.7 Å². The van der Waals surface area contributed by atoms with Gasteiger partial charge in [0.15, 0.2) is 11.6 Å². The van der Waals surface area contributed by atoms with Crippen LogP contribution in [0.3, 0.4) is 0 Å². The maximum Gasteiger partial charge on any atom is 0.339 e. The number of allylic oxidation sites excluding steroid dienone is 1. The second kappa shape index (κ2) is 7.99. The number of ketones is 1. The smallest absolute Gasteiger partial charge is 0.339 e. The Labute approximate surface area is 214 Å². The van der Waals surface area contributed by atoms with Crippen LogP contribution in [0.25, 0.3) is 0 Å². The Kier molecular flexibility index (Phi) is 5.37. The van der Waals surface area contributed by atoms with E-state index in [2.05, 4.69) is 21.2 Å². The first-order valence-electron chi connectivity index (χ1n) is 11.1. The summed E-state index contributed by atoms with van der Waals surface area (Å²) in [4.78, 5) is 42.3. The van der Waals surface area contributed by atoms with Crippen molar-refractivity contribution in [3.63, 3.8) is 0 Å². The van der Waals surface area contributed by atoms with Gasteiger partial charge in [-0.05, 0) is 39.9 Å². The van der Waals surface area contributed by atoms with Gasteiger partial charge in [-0.3, -0.25) is 14.5 Å². The number of Topliss-reactive ketones (excluding diaryl/α,β-unsaturated/α-hetero) is 1. The summed E-state index contributed by atoms with van der Waals surface area (Å²) in [7, 11) is 1.13. The maximum atomic E-state index is 15.3. The highest BCUT2D eigenvalue weighted by atomic mass is 79.9. The molecule has 1 atom stereocenters. The third-order valence-electron chi connectivity index (χ3n) is 6.88. The molecule has 1 spiro atoms. The van der Waals surface area contributed by atoms with E-state index in [1.807, 2.05) is 13.8 Å². The van der Waals surface area contributed by atoms with Crippen LogP contribution in [0.1, 0.15) is 32.3 Å². The van der Waals surface area contributed by atoms with E-state index in [0.29, 0.717) is 17.3 Å². The van der Waals surface area contributed by atoms with Gasteiger partial charge in [0.05, 0.1) is 12.8 Å². The highest BCUT2D eigenvalue weighted by Crippen LogP contribution is 2.58. The number of halogens is 3. The van der Waals surface area contributed by atoms with Crippen molar-refractivity contribution < 1.29 is 27.9 Å². The van der Waals surface area contributed by atoms with E-state index in [0.717, 1.165) is 13.2 Å². The van der Waals surface area contributed by atoms with Crippen molar-refractivity contribution in [2.75, 3.05) is 17.3 Å². The number of anilines is 2. The lowest BCUT2D eigenvalue weighted by Crippen LogP contribution is -2.54. The number of hydrogen-bond donors (Lipinski definition) is 2. The predicted molar refractivity (Wildman–Crippen MR) is 132 cm³/mol. The minimum atomic E-state index is -1.89. The van der Waals surface area contributed by atoms with Gasteiger partial charge in [0.1, 0.15) is 22.6 Å². The molecule has 7 nitrogen and oxygen atoms in total. The number of para-hydroxylation sites is 1. The zero-order valence-electron chi connectivity index (χ0n) is 19.7. The Morgan fingerprint density at radius 1 is 1.17 bits per heavy atom. The average molecular weight is 558 g/mol. The molecule has 186 valence electrons. The normalized spacial score (nSPS) is 22.6. The van der Waals surface area contributed by atoms with Crippen LogP contribution in [0, 0.1) is 17.0 Å². The lowest BCUT2D eigenvalue weighted by molar-refractivity contribution is -0.138. The van der Waals surface area contributed by atoms with Gasteiger partial charge < -0.3 is 15.8 Å². The number of hydrogen-bond acceptors (Lipinski definition) is 6. The van der Waals surface area contributed by atoms with Gasteiger partial charge in [0.2, 0.25) is 5.91 Å². The van der Waals surface area contributed by atoms with Crippen LogP contribution in [-0.2, 0) is 24.5 Å². The molecule has 0 bridgehead atoms. The van der Waals surface area contributed by atoms with Crippen LogP contribution < -0.4 is 16.0 Å². The monoisotopic (exact) mass is 557 g/mol. The molecule has 1 unspecified atom stereocenters. The summed E-state index contributed by atoms with van der Waals surface area (Å²) in [6.45, 7) is 3.74. The summed E-state index contributed by atoms with van der Waals surface area (Å²) in [5.74, 6) is -4.05. The minimum Gasteiger partial charge on any atom is -0.466 e. The Bertz CT molecular complexity index is 1430. The fraction of sp³-hybridized carbons (Fsp3) is 0.269. The molecule has 3 N–H and O–H groups in total. The number of nitrogens with one attached hydrogen (secondary N) is 1. The molecule has 2 aromatic rings. The Morgan fingerprint density at radius 2 is 1.86 bits per heavy atom. The molecule has 0 saturated heterocycles. The van der Waals surface area contributed by atoms with Crippen LogP contribution in [0.2, 0.25) is 0 Å². The fourth-order valence-corrected chi connectivity index (χ4v) is 6.18.